The number of aryl methyl sites for hydroxylation is 2. The molecule has 0 radical (unpaired) electrons. The Morgan fingerprint density at radius 3 is 2.86 bits per heavy atom. The largest absolute Gasteiger partial charge is 0.353 e. The zero-order chi connectivity index (χ0) is 14.7. The summed E-state index contributed by atoms with van der Waals surface area (Å²) in [5.41, 5.74) is 2.33. The Hall–Kier alpha value is -1.68. The third-order valence-corrected chi connectivity index (χ3v) is 5.01. The maximum atomic E-state index is 12.1. The summed E-state index contributed by atoms with van der Waals surface area (Å²) in [5, 5.41) is 6.40. The Morgan fingerprint density at radius 1 is 1.33 bits per heavy atom. The van der Waals surface area contributed by atoms with Crippen LogP contribution in [-0.4, -0.2) is 16.9 Å². The van der Waals surface area contributed by atoms with Crippen LogP contribution in [0.15, 0.2) is 35.7 Å². The quantitative estimate of drug-likeness (QED) is 0.922. The summed E-state index contributed by atoms with van der Waals surface area (Å²) < 4.78 is 0. The third kappa shape index (κ3) is 3.70. The van der Waals surface area contributed by atoms with Crippen molar-refractivity contribution in [1.82, 2.24) is 10.3 Å². The van der Waals surface area contributed by atoms with Gasteiger partial charge in [0.05, 0.1) is 5.01 Å². The molecule has 1 fully saturated rings. The van der Waals surface area contributed by atoms with Crippen molar-refractivity contribution in [2.24, 2.45) is 5.92 Å². The predicted octanol–water partition coefficient (Wildman–Crippen LogP) is 3.13. The molecule has 0 aliphatic carbocycles. The molecule has 1 N–H and O–H groups in total. The van der Waals surface area contributed by atoms with Gasteiger partial charge < -0.3 is 5.32 Å². The average Bonchev–Trinajstić information content (AvgIpc) is 3.04. The molecule has 2 atom stereocenters. The molecule has 2 unspecified atom stereocenters. The van der Waals surface area contributed by atoms with Crippen LogP contribution in [0.4, 0.5) is 0 Å². The number of carbonyl (C=O) groups is 1. The van der Waals surface area contributed by atoms with Gasteiger partial charge in [0.1, 0.15) is 0 Å². The Kier molecular flexibility index (Phi) is 4.34. The zero-order valence-electron chi connectivity index (χ0n) is 12.2. The topological polar surface area (TPSA) is 42.0 Å². The van der Waals surface area contributed by atoms with Gasteiger partial charge in [-0.2, -0.15) is 0 Å². The van der Waals surface area contributed by atoms with Gasteiger partial charge in [0, 0.05) is 29.5 Å². The van der Waals surface area contributed by atoms with Crippen LogP contribution >= 0.6 is 11.3 Å². The molecule has 1 aliphatic rings. The lowest BCUT2D eigenvalue weighted by Crippen LogP contribution is -2.27. The van der Waals surface area contributed by atoms with E-state index in [1.165, 1.54) is 10.6 Å². The van der Waals surface area contributed by atoms with E-state index in [9.17, 15) is 4.79 Å². The number of rotatable bonds is 5. The molecule has 1 saturated heterocycles. The molecule has 1 amide bonds. The number of benzene rings is 1. The van der Waals surface area contributed by atoms with Crippen LogP contribution in [0, 0.1) is 12.8 Å². The van der Waals surface area contributed by atoms with Crippen LogP contribution in [0.1, 0.15) is 29.1 Å². The van der Waals surface area contributed by atoms with E-state index in [2.05, 4.69) is 27.8 Å². The van der Waals surface area contributed by atoms with Crippen LogP contribution in [0.3, 0.4) is 0 Å². The molecule has 3 rings (SSSR count). The summed E-state index contributed by atoms with van der Waals surface area (Å²) in [7, 11) is 0. The molecule has 1 aromatic heterocycles. The fraction of sp³-hybridized carbons (Fsp3) is 0.412. The molecule has 21 heavy (non-hydrogen) atoms. The first-order chi connectivity index (χ1) is 10.2. The van der Waals surface area contributed by atoms with Gasteiger partial charge in [0.15, 0.2) is 0 Å². The van der Waals surface area contributed by atoms with Crippen LogP contribution in [0.5, 0.6) is 0 Å². The normalized spacial score (nSPS) is 21.5. The first-order valence-corrected chi connectivity index (χ1v) is 8.34. The number of hydrogen-bond donors (Lipinski definition) is 1. The molecular weight excluding hydrogens is 280 g/mol. The van der Waals surface area contributed by atoms with Crippen molar-refractivity contribution in [3.63, 3.8) is 0 Å². The smallest absolute Gasteiger partial charge is 0.223 e. The summed E-state index contributed by atoms with van der Waals surface area (Å²) in [5.74, 6) is 0.328. The second-order valence-electron chi connectivity index (χ2n) is 5.75. The number of aromatic nitrogens is 1. The zero-order valence-corrected chi connectivity index (χ0v) is 13.0. The number of thiazole rings is 1. The molecule has 3 nitrogen and oxygen atoms in total. The van der Waals surface area contributed by atoms with Crippen LogP contribution < -0.4 is 5.32 Å². The Bertz CT molecular complexity index is 608. The summed E-state index contributed by atoms with van der Waals surface area (Å²) in [6.07, 6.45) is 3.74. The highest BCUT2D eigenvalue weighted by Crippen LogP contribution is 2.23. The fourth-order valence-electron chi connectivity index (χ4n) is 2.91. The molecule has 1 aromatic carbocycles. The molecule has 0 spiro atoms. The van der Waals surface area contributed by atoms with Crippen LogP contribution in [-0.2, 0) is 17.6 Å². The standard InChI is InChI=1S/C17H20N2OS/c1-12-11-21-16(18-12)8-7-15-10-14(17(20)19-15)9-13-5-3-2-4-6-13/h2-6,11,14-15H,7-10H2,1H3,(H,19,20). The highest BCUT2D eigenvalue weighted by molar-refractivity contribution is 7.09. The first-order valence-electron chi connectivity index (χ1n) is 7.46. The van der Waals surface area contributed by atoms with E-state index in [0.717, 1.165) is 31.4 Å². The molecule has 2 aromatic rings. The Labute approximate surface area is 129 Å². The summed E-state index contributed by atoms with van der Waals surface area (Å²) in [6.45, 7) is 2.02. The molecule has 110 valence electrons. The van der Waals surface area contributed by atoms with Crippen molar-refractivity contribution < 1.29 is 4.79 Å². The lowest BCUT2D eigenvalue weighted by molar-refractivity contribution is -0.122. The second-order valence-corrected chi connectivity index (χ2v) is 6.69. The van der Waals surface area contributed by atoms with Gasteiger partial charge in [-0.15, -0.1) is 11.3 Å². The number of hydrogen-bond acceptors (Lipinski definition) is 3. The van der Waals surface area contributed by atoms with Gasteiger partial charge in [0.2, 0.25) is 5.91 Å². The fourth-order valence-corrected chi connectivity index (χ4v) is 3.70. The maximum Gasteiger partial charge on any atom is 0.223 e. The van der Waals surface area contributed by atoms with Crippen molar-refractivity contribution in [3.8, 4) is 0 Å². The number of nitrogens with zero attached hydrogens (tertiary/aromatic N) is 1. The number of amides is 1. The molecule has 0 saturated carbocycles. The Balaban J connectivity index is 1.52. The van der Waals surface area contributed by atoms with E-state index >= 15 is 0 Å². The van der Waals surface area contributed by atoms with E-state index in [-0.39, 0.29) is 11.8 Å². The summed E-state index contributed by atoms with van der Waals surface area (Å²) >= 11 is 1.71. The SMILES string of the molecule is Cc1csc(CCC2CC(Cc3ccccc3)C(=O)N2)n1. The molecule has 4 heteroatoms. The minimum absolute atomic E-state index is 0.121. The molecule has 1 aliphatic heterocycles. The number of carbonyl (C=O) groups excluding carboxylic acids is 1. The molecular formula is C17H20N2OS. The van der Waals surface area contributed by atoms with E-state index in [4.69, 9.17) is 0 Å². The third-order valence-electron chi connectivity index (χ3n) is 3.98. The maximum absolute atomic E-state index is 12.1. The summed E-state index contributed by atoms with van der Waals surface area (Å²) in [6, 6.07) is 10.6. The van der Waals surface area contributed by atoms with Gasteiger partial charge in [-0.1, -0.05) is 30.3 Å². The van der Waals surface area contributed by atoms with Gasteiger partial charge >= 0.3 is 0 Å². The predicted molar refractivity (Wildman–Crippen MR) is 85.4 cm³/mol. The highest BCUT2D eigenvalue weighted by atomic mass is 32.1. The van der Waals surface area contributed by atoms with Gasteiger partial charge in [-0.05, 0) is 31.7 Å². The van der Waals surface area contributed by atoms with Crippen molar-refractivity contribution >= 4 is 17.2 Å². The molecule has 0 bridgehead atoms. The Morgan fingerprint density at radius 2 is 2.14 bits per heavy atom. The van der Waals surface area contributed by atoms with Crippen molar-refractivity contribution in [1.29, 1.82) is 0 Å². The van der Waals surface area contributed by atoms with Crippen LogP contribution in [0.25, 0.3) is 0 Å². The monoisotopic (exact) mass is 300 g/mol. The van der Waals surface area contributed by atoms with Crippen molar-refractivity contribution in [2.45, 2.75) is 38.6 Å². The average molecular weight is 300 g/mol. The van der Waals surface area contributed by atoms with Gasteiger partial charge in [0.25, 0.3) is 0 Å². The lowest BCUT2D eigenvalue weighted by Gasteiger charge is -2.08. The van der Waals surface area contributed by atoms with E-state index < -0.39 is 0 Å². The van der Waals surface area contributed by atoms with Crippen molar-refractivity contribution in [2.75, 3.05) is 0 Å². The minimum Gasteiger partial charge on any atom is -0.353 e. The van der Waals surface area contributed by atoms with Crippen molar-refractivity contribution in [3.05, 3.63) is 52.0 Å². The summed E-state index contributed by atoms with van der Waals surface area (Å²) in [4.78, 5) is 16.6. The van der Waals surface area contributed by atoms with E-state index in [1.807, 2.05) is 25.1 Å². The second kappa shape index (κ2) is 6.39. The minimum atomic E-state index is 0.121. The van der Waals surface area contributed by atoms with Gasteiger partial charge in [-0.3, -0.25) is 4.79 Å². The first kappa shape index (κ1) is 14.3. The molecule has 2 heterocycles. The van der Waals surface area contributed by atoms with E-state index in [0.29, 0.717) is 6.04 Å². The highest BCUT2D eigenvalue weighted by Gasteiger charge is 2.31. The van der Waals surface area contributed by atoms with Crippen LogP contribution in [0.2, 0.25) is 0 Å². The lowest BCUT2D eigenvalue weighted by atomic mass is 9.95. The van der Waals surface area contributed by atoms with E-state index in [1.54, 1.807) is 11.3 Å². The number of nitrogens with one attached hydrogen (secondary N) is 1. The van der Waals surface area contributed by atoms with Gasteiger partial charge in [-0.25, -0.2) is 4.98 Å².